The number of nitrogens with one attached hydrogen (secondary N) is 1. The van der Waals surface area contributed by atoms with Gasteiger partial charge in [-0.3, -0.25) is 9.78 Å². The van der Waals surface area contributed by atoms with Gasteiger partial charge in [-0.25, -0.2) is 9.37 Å². The fourth-order valence-electron chi connectivity index (χ4n) is 1.24. The van der Waals surface area contributed by atoms with Gasteiger partial charge in [-0.05, 0) is 12.1 Å². The van der Waals surface area contributed by atoms with Crippen molar-refractivity contribution in [1.29, 1.82) is 0 Å². The Morgan fingerprint density at radius 3 is 2.89 bits per heavy atom. The van der Waals surface area contributed by atoms with Gasteiger partial charge in [0.05, 0.1) is 22.5 Å². The van der Waals surface area contributed by atoms with Gasteiger partial charge in [0.25, 0.3) is 5.91 Å². The Morgan fingerprint density at radius 1 is 1.44 bits per heavy atom. The minimum Gasteiger partial charge on any atom is -0.382 e. The van der Waals surface area contributed by atoms with Crippen LogP contribution < -0.4 is 11.1 Å². The Labute approximate surface area is 107 Å². The second-order valence-corrected chi connectivity index (χ2v) is 3.81. The van der Waals surface area contributed by atoms with E-state index in [-0.39, 0.29) is 22.1 Å². The first-order valence-corrected chi connectivity index (χ1v) is 5.27. The van der Waals surface area contributed by atoms with Crippen molar-refractivity contribution in [3.05, 3.63) is 47.1 Å². The van der Waals surface area contributed by atoms with E-state index in [0.717, 1.165) is 6.20 Å². The molecule has 0 saturated carbocycles. The maximum atomic E-state index is 13.3. The van der Waals surface area contributed by atoms with Crippen LogP contribution in [0.4, 0.5) is 15.9 Å². The SMILES string of the molecule is Nc1ncc(C(=O)Nc2ccncc2F)cc1Cl. The summed E-state index contributed by atoms with van der Waals surface area (Å²) in [6, 6.07) is 2.71. The van der Waals surface area contributed by atoms with Crippen LogP contribution in [0.25, 0.3) is 0 Å². The monoisotopic (exact) mass is 266 g/mol. The third kappa shape index (κ3) is 2.54. The molecule has 3 N–H and O–H groups in total. The van der Waals surface area contributed by atoms with Gasteiger partial charge < -0.3 is 11.1 Å². The lowest BCUT2D eigenvalue weighted by Crippen LogP contribution is -2.13. The number of carbonyl (C=O) groups excluding carboxylic acids is 1. The lowest BCUT2D eigenvalue weighted by atomic mass is 10.2. The molecule has 1 amide bonds. The van der Waals surface area contributed by atoms with E-state index in [1.165, 1.54) is 24.5 Å². The predicted octanol–water partition coefficient (Wildman–Crippen LogP) is 2.10. The first-order chi connectivity index (χ1) is 8.58. The van der Waals surface area contributed by atoms with E-state index in [2.05, 4.69) is 15.3 Å². The first-order valence-electron chi connectivity index (χ1n) is 4.90. The smallest absolute Gasteiger partial charge is 0.257 e. The fourth-order valence-corrected chi connectivity index (χ4v) is 1.41. The highest BCUT2D eigenvalue weighted by Gasteiger charge is 2.11. The number of rotatable bonds is 2. The van der Waals surface area contributed by atoms with Crippen molar-refractivity contribution in [3.63, 3.8) is 0 Å². The minimum absolute atomic E-state index is 0.0305. The molecule has 0 unspecified atom stereocenters. The molecule has 0 aliphatic heterocycles. The average Bonchev–Trinajstić information content (AvgIpc) is 2.35. The van der Waals surface area contributed by atoms with Crippen molar-refractivity contribution >= 4 is 29.0 Å². The number of halogens is 2. The van der Waals surface area contributed by atoms with Crippen molar-refractivity contribution in [3.8, 4) is 0 Å². The van der Waals surface area contributed by atoms with Crippen LogP contribution in [-0.2, 0) is 0 Å². The van der Waals surface area contributed by atoms with Crippen LogP contribution in [0.3, 0.4) is 0 Å². The molecule has 0 atom stereocenters. The summed E-state index contributed by atoms with van der Waals surface area (Å²) in [7, 11) is 0. The highest BCUT2D eigenvalue weighted by atomic mass is 35.5. The summed E-state index contributed by atoms with van der Waals surface area (Å²) in [6.07, 6.45) is 3.63. The number of aromatic nitrogens is 2. The Bertz CT molecular complexity index is 605. The zero-order valence-electron chi connectivity index (χ0n) is 9.02. The number of anilines is 2. The molecule has 0 aliphatic rings. The number of carbonyl (C=O) groups is 1. The maximum absolute atomic E-state index is 13.3. The van der Waals surface area contributed by atoms with Crippen molar-refractivity contribution in [2.24, 2.45) is 0 Å². The molecule has 2 heterocycles. The van der Waals surface area contributed by atoms with E-state index < -0.39 is 11.7 Å². The van der Waals surface area contributed by atoms with Crippen LogP contribution in [0.15, 0.2) is 30.7 Å². The van der Waals surface area contributed by atoms with Crippen molar-refractivity contribution in [2.75, 3.05) is 11.1 Å². The summed E-state index contributed by atoms with van der Waals surface area (Å²) < 4.78 is 13.3. The van der Waals surface area contributed by atoms with Crippen LogP contribution in [0.2, 0.25) is 5.02 Å². The Hall–Kier alpha value is -2.21. The Morgan fingerprint density at radius 2 is 2.22 bits per heavy atom. The predicted molar refractivity (Wildman–Crippen MR) is 65.8 cm³/mol. The van der Waals surface area contributed by atoms with Crippen LogP contribution in [0.1, 0.15) is 10.4 Å². The topological polar surface area (TPSA) is 80.9 Å². The van der Waals surface area contributed by atoms with E-state index in [1.807, 2.05) is 0 Å². The molecule has 5 nitrogen and oxygen atoms in total. The summed E-state index contributed by atoms with van der Waals surface area (Å²) >= 11 is 5.74. The van der Waals surface area contributed by atoms with Gasteiger partial charge in [0, 0.05) is 12.4 Å². The van der Waals surface area contributed by atoms with Gasteiger partial charge in [-0.15, -0.1) is 0 Å². The maximum Gasteiger partial charge on any atom is 0.257 e. The molecule has 92 valence electrons. The zero-order valence-corrected chi connectivity index (χ0v) is 9.78. The van der Waals surface area contributed by atoms with Gasteiger partial charge in [0.15, 0.2) is 5.82 Å². The third-order valence-corrected chi connectivity index (χ3v) is 2.46. The summed E-state index contributed by atoms with van der Waals surface area (Å²) in [6.45, 7) is 0. The van der Waals surface area contributed by atoms with Crippen molar-refractivity contribution in [1.82, 2.24) is 9.97 Å². The highest BCUT2D eigenvalue weighted by molar-refractivity contribution is 6.33. The Balaban J connectivity index is 2.22. The van der Waals surface area contributed by atoms with E-state index in [4.69, 9.17) is 17.3 Å². The molecule has 0 aromatic carbocycles. The molecule has 7 heteroatoms. The minimum atomic E-state index is -0.625. The second kappa shape index (κ2) is 4.97. The number of nitrogen functional groups attached to an aromatic ring is 1. The zero-order chi connectivity index (χ0) is 13.1. The highest BCUT2D eigenvalue weighted by Crippen LogP contribution is 2.18. The molecule has 2 aromatic heterocycles. The van der Waals surface area contributed by atoms with Gasteiger partial charge in [-0.1, -0.05) is 11.6 Å². The molecule has 0 saturated heterocycles. The average molecular weight is 267 g/mol. The standard InChI is InChI=1S/C11H8ClFN4O/c12-7-3-6(4-16-10(7)14)11(18)17-9-1-2-15-5-8(9)13/h1-5H,(H2,14,16)(H,15,17,18). The Kier molecular flexibility index (Phi) is 3.38. The van der Waals surface area contributed by atoms with Gasteiger partial charge in [0.2, 0.25) is 0 Å². The summed E-state index contributed by atoms with van der Waals surface area (Å²) in [5.41, 5.74) is 5.64. The molecule has 18 heavy (non-hydrogen) atoms. The third-order valence-electron chi connectivity index (χ3n) is 2.15. The number of nitrogens with two attached hydrogens (primary N) is 1. The number of pyridine rings is 2. The molecular formula is C11H8ClFN4O. The fraction of sp³-hybridized carbons (Fsp3) is 0. The van der Waals surface area contributed by atoms with Gasteiger partial charge in [-0.2, -0.15) is 0 Å². The molecular weight excluding hydrogens is 259 g/mol. The largest absolute Gasteiger partial charge is 0.382 e. The number of hydrogen-bond donors (Lipinski definition) is 2. The summed E-state index contributed by atoms with van der Waals surface area (Å²) in [4.78, 5) is 19.1. The van der Waals surface area contributed by atoms with E-state index in [9.17, 15) is 9.18 Å². The molecule has 2 rings (SSSR count). The summed E-state index contributed by atoms with van der Waals surface area (Å²) in [5.74, 6) is -1.03. The van der Waals surface area contributed by atoms with Crippen LogP contribution >= 0.6 is 11.6 Å². The number of nitrogens with zero attached hydrogens (tertiary/aromatic N) is 2. The van der Waals surface area contributed by atoms with E-state index >= 15 is 0 Å². The quantitative estimate of drug-likeness (QED) is 0.872. The normalized spacial score (nSPS) is 10.1. The van der Waals surface area contributed by atoms with Gasteiger partial charge >= 0.3 is 0 Å². The molecule has 0 bridgehead atoms. The van der Waals surface area contributed by atoms with Gasteiger partial charge in [0.1, 0.15) is 5.82 Å². The van der Waals surface area contributed by atoms with E-state index in [1.54, 1.807) is 0 Å². The summed E-state index contributed by atoms with van der Waals surface area (Å²) in [5, 5.41) is 2.54. The second-order valence-electron chi connectivity index (χ2n) is 3.40. The lowest BCUT2D eigenvalue weighted by Gasteiger charge is -2.06. The molecule has 0 fully saturated rings. The lowest BCUT2D eigenvalue weighted by molar-refractivity contribution is 0.102. The molecule has 2 aromatic rings. The molecule has 0 spiro atoms. The van der Waals surface area contributed by atoms with Crippen molar-refractivity contribution in [2.45, 2.75) is 0 Å². The first kappa shape index (κ1) is 12.3. The van der Waals surface area contributed by atoms with E-state index in [0.29, 0.717) is 0 Å². The van der Waals surface area contributed by atoms with Crippen LogP contribution in [-0.4, -0.2) is 15.9 Å². The van der Waals surface area contributed by atoms with Crippen LogP contribution in [0.5, 0.6) is 0 Å². The van der Waals surface area contributed by atoms with Crippen molar-refractivity contribution < 1.29 is 9.18 Å². The number of hydrogen-bond acceptors (Lipinski definition) is 4. The number of amides is 1. The molecule has 0 radical (unpaired) electrons. The molecule has 0 aliphatic carbocycles. The van der Waals surface area contributed by atoms with Crippen LogP contribution in [0, 0.1) is 5.82 Å².